The van der Waals surface area contributed by atoms with Crippen molar-refractivity contribution in [1.29, 1.82) is 0 Å². The van der Waals surface area contributed by atoms with Crippen LogP contribution >= 0.6 is 11.6 Å². The van der Waals surface area contributed by atoms with Gasteiger partial charge in [-0.2, -0.15) is 0 Å². The zero-order valence-corrected chi connectivity index (χ0v) is 36.1. The Bertz CT molecular complexity index is 2340. The summed E-state index contributed by atoms with van der Waals surface area (Å²) in [5.74, 6) is 1.92. The first-order valence-electron chi connectivity index (χ1n) is 22.2. The lowest BCUT2D eigenvalue weighted by molar-refractivity contribution is -0.138. The lowest BCUT2D eigenvalue weighted by Crippen LogP contribution is -2.54. The molecule has 0 bridgehead atoms. The van der Waals surface area contributed by atoms with E-state index in [9.17, 15) is 19.2 Å². The van der Waals surface area contributed by atoms with Crippen molar-refractivity contribution in [3.63, 3.8) is 0 Å². The first-order valence-corrected chi connectivity index (χ1v) is 22.6. The van der Waals surface area contributed by atoms with Gasteiger partial charge >= 0.3 is 12.2 Å². The molecule has 17 heteroatoms. The number of halogens is 1. The second-order valence-electron chi connectivity index (χ2n) is 17.9. The van der Waals surface area contributed by atoms with Crippen LogP contribution < -0.4 is 10.6 Å². The molecule has 2 aromatic carbocycles. The van der Waals surface area contributed by atoms with E-state index < -0.39 is 24.3 Å². The minimum absolute atomic E-state index is 0.0282. The van der Waals surface area contributed by atoms with Crippen molar-refractivity contribution in [3.05, 3.63) is 71.5 Å². The summed E-state index contributed by atoms with van der Waals surface area (Å²) in [6.45, 7) is 2.21. The quantitative estimate of drug-likeness (QED) is 0.131. The Kier molecular flexibility index (Phi) is 11.4. The van der Waals surface area contributed by atoms with Crippen LogP contribution in [-0.4, -0.2) is 119 Å². The fraction of sp³-hybridized carbons (Fsp3) is 0.522. The number of nitrogens with one attached hydrogen (secondary N) is 4. The summed E-state index contributed by atoms with van der Waals surface area (Å²) in [5.41, 5.74) is 5.34. The molecule has 63 heavy (non-hydrogen) atoms. The number of alkyl carbamates (subject to hydrolysis) is 2. The average molecular weight is 881 g/mol. The summed E-state index contributed by atoms with van der Waals surface area (Å²) in [4.78, 5) is 73.6. The molecule has 6 aliphatic rings. The van der Waals surface area contributed by atoms with Crippen LogP contribution in [0.15, 0.2) is 54.7 Å². The van der Waals surface area contributed by atoms with E-state index in [1.165, 1.54) is 14.2 Å². The van der Waals surface area contributed by atoms with E-state index in [-0.39, 0.29) is 47.8 Å². The number of nitrogens with zero attached hydrogens (tertiary/aromatic N) is 4. The number of ether oxygens (including phenoxy) is 4. The second kappa shape index (κ2) is 17.3. The molecule has 6 fully saturated rings. The molecule has 4 aliphatic heterocycles. The molecular weight excluding hydrogens is 828 g/mol. The Morgan fingerprint density at radius 3 is 1.62 bits per heavy atom. The van der Waals surface area contributed by atoms with Crippen molar-refractivity contribution in [1.82, 2.24) is 40.4 Å². The monoisotopic (exact) mass is 880 g/mol. The number of amides is 4. The molecule has 10 rings (SSSR count). The standard InChI is InChI=1S/C46H53ClN8O8/c1-60-45(58)51-38(28-11-15-62-16-12-28)43(56)54-33-19-30(33)21-35(54)41-48-23-32(49-41)26-7-3-24(4-8-26)25-5-9-27(10-6-25)37-40(47)53-42(50-37)36-22-31-20-34(31)55(36)44(57)39(52-46(59)61-2)29-13-17-63-18-14-29/h3-10,23,28-31,33-36,38-39H,11-22H2,1-2H3,(H,48,49)(H,50,53)(H,51,58)(H,52,59)/t30-,31+,33-,34+,35+,36-,38?,39?/m1/s1. The number of benzene rings is 2. The molecular formula is C46H53ClN8O8. The van der Waals surface area contributed by atoms with Crippen LogP contribution in [0.1, 0.15) is 75.1 Å². The van der Waals surface area contributed by atoms with Crippen LogP contribution in [-0.2, 0) is 28.5 Å². The van der Waals surface area contributed by atoms with Gasteiger partial charge in [-0.15, -0.1) is 0 Å². The Morgan fingerprint density at radius 2 is 1.13 bits per heavy atom. The maximum Gasteiger partial charge on any atom is 0.407 e. The zero-order chi connectivity index (χ0) is 43.4. The summed E-state index contributed by atoms with van der Waals surface area (Å²) >= 11 is 6.82. The summed E-state index contributed by atoms with van der Waals surface area (Å²) in [5, 5.41) is 6.09. The predicted molar refractivity (Wildman–Crippen MR) is 230 cm³/mol. The molecule has 4 aromatic rings. The number of aromatic nitrogens is 4. The third kappa shape index (κ3) is 8.17. The van der Waals surface area contributed by atoms with Gasteiger partial charge in [-0.25, -0.2) is 19.6 Å². The number of imidazole rings is 2. The van der Waals surface area contributed by atoms with Crippen molar-refractivity contribution >= 4 is 35.6 Å². The van der Waals surface area contributed by atoms with Crippen molar-refractivity contribution in [2.45, 2.75) is 87.6 Å². The third-order valence-corrected chi connectivity index (χ3v) is 14.5. The van der Waals surface area contributed by atoms with E-state index in [2.05, 4.69) is 44.9 Å². The van der Waals surface area contributed by atoms with Gasteiger partial charge in [0.05, 0.1) is 38.2 Å². The van der Waals surface area contributed by atoms with Crippen LogP contribution in [0.4, 0.5) is 9.59 Å². The number of carbonyl (C=O) groups excluding carboxylic acids is 4. The van der Waals surface area contributed by atoms with Gasteiger partial charge in [0.2, 0.25) is 11.8 Å². The van der Waals surface area contributed by atoms with Crippen molar-refractivity contribution in [3.8, 4) is 33.6 Å². The number of piperidine rings is 2. The highest BCUT2D eigenvalue weighted by Gasteiger charge is 2.58. The number of methoxy groups -OCH3 is 2. The topological polar surface area (TPSA) is 193 Å². The molecule has 2 unspecified atom stereocenters. The molecule has 332 valence electrons. The zero-order valence-electron chi connectivity index (χ0n) is 35.4. The maximum atomic E-state index is 14.3. The molecule has 2 aliphatic carbocycles. The van der Waals surface area contributed by atoms with Gasteiger partial charge in [0, 0.05) is 44.1 Å². The lowest BCUT2D eigenvalue weighted by atomic mass is 9.90. The summed E-state index contributed by atoms with van der Waals surface area (Å²) < 4.78 is 20.9. The Morgan fingerprint density at radius 1 is 0.667 bits per heavy atom. The fourth-order valence-corrected chi connectivity index (χ4v) is 10.9. The van der Waals surface area contributed by atoms with E-state index in [0.29, 0.717) is 80.6 Å². The second-order valence-corrected chi connectivity index (χ2v) is 18.2. The smallest absolute Gasteiger partial charge is 0.407 e. The molecule has 0 radical (unpaired) electrons. The Labute approximate surface area is 370 Å². The van der Waals surface area contributed by atoms with Crippen LogP contribution in [0, 0.1) is 23.7 Å². The molecule has 4 N–H and O–H groups in total. The van der Waals surface area contributed by atoms with Gasteiger partial charge in [-0.1, -0.05) is 60.1 Å². The van der Waals surface area contributed by atoms with Gasteiger partial charge in [-0.3, -0.25) is 9.59 Å². The van der Waals surface area contributed by atoms with Crippen LogP contribution in [0.3, 0.4) is 0 Å². The molecule has 8 atom stereocenters. The first-order chi connectivity index (χ1) is 30.7. The molecule has 16 nitrogen and oxygen atoms in total. The third-order valence-electron chi connectivity index (χ3n) is 14.2. The number of likely N-dealkylation sites (tertiary alicyclic amines) is 2. The van der Waals surface area contributed by atoms with Crippen LogP contribution in [0.5, 0.6) is 0 Å². The van der Waals surface area contributed by atoms with Gasteiger partial charge in [0.15, 0.2) is 0 Å². The highest BCUT2D eigenvalue weighted by Crippen LogP contribution is 2.55. The van der Waals surface area contributed by atoms with Gasteiger partial charge in [-0.05, 0) is 91.7 Å². The van der Waals surface area contributed by atoms with Gasteiger partial charge < -0.3 is 49.3 Å². The number of hydrogen-bond acceptors (Lipinski definition) is 10. The number of carbonyl (C=O) groups is 4. The Balaban J connectivity index is 0.817. The van der Waals surface area contributed by atoms with Gasteiger partial charge in [0.25, 0.3) is 0 Å². The van der Waals surface area contributed by atoms with E-state index in [4.69, 9.17) is 40.5 Å². The molecule has 2 aromatic heterocycles. The van der Waals surface area contributed by atoms with E-state index in [1.54, 1.807) is 0 Å². The maximum absolute atomic E-state index is 14.3. The highest BCUT2D eigenvalue weighted by molar-refractivity contribution is 6.32. The van der Waals surface area contributed by atoms with Crippen LogP contribution in [0.2, 0.25) is 5.15 Å². The summed E-state index contributed by atoms with van der Waals surface area (Å²) in [7, 11) is 2.62. The summed E-state index contributed by atoms with van der Waals surface area (Å²) in [6.07, 6.45) is 6.85. The minimum Gasteiger partial charge on any atom is -0.453 e. The molecule has 4 amide bonds. The van der Waals surface area contributed by atoms with Crippen molar-refractivity contribution in [2.75, 3.05) is 40.6 Å². The Hall–Kier alpha value is -5.45. The number of rotatable bonds is 11. The van der Waals surface area contributed by atoms with E-state index in [0.717, 1.165) is 59.5 Å². The minimum atomic E-state index is -0.711. The first kappa shape index (κ1) is 41.6. The molecule has 2 saturated carbocycles. The van der Waals surface area contributed by atoms with Crippen LogP contribution in [0.25, 0.3) is 33.6 Å². The van der Waals surface area contributed by atoms with E-state index >= 15 is 0 Å². The number of H-pyrrole nitrogens is 2. The highest BCUT2D eigenvalue weighted by atomic mass is 35.5. The van der Waals surface area contributed by atoms with Crippen molar-refractivity contribution in [2.24, 2.45) is 23.7 Å². The lowest BCUT2D eigenvalue weighted by Gasteiger charge is -2.35. The number of aromatic amines is 2. The van der Waals surface area contributed by atoms with Crippen molar-refractivity contribution < 1.29 is 38.1 Å². The number of hydrogen-bond donors (Lipinski definition) is 4. The molecule has 0 spiro atoms. The fourth-order valence-electron chi connectivity index (χ4n) is 10.6. The SMILES string of the molecule is COC(=O)NC(C(=O)N1[C@@H]2C[C@@H]2C[C@H]1c1ncc(-c2ccc(-c3ccc(-c4nc([C@H]5C[C@@H]6C[C@@H]6N5C(=O)C(NC(=O)OC)C5CCOCC5)[nH]c4Cl)cc3)cc2)[nH]1)C1CCOCC1. The number of fused-ring (bicyclic) bond motifs is 2. The average Bonchev–Trinajstić information content (AvgIpc) is 3.97. The predicted octanol–water partition coefficient (Wildman–Crippen LogP) is 6.41. The molecule has 6 heterocycles. The normalized spacial score (nSPS) is 26.3. The molecule has 4 saturated heterocycles. The summed E-state index contributed by atoms with van der Waals surface area (Å²) in [6, 6.07) is 14.7. The van der Waals surface area contributed by atoms with Gasteiger partial charge in [0.1, 0.15) is 34.6 Å². The van der Waals surface area contributed by atoms with E-state index in [1.807, 2.05) is 40.3 Å². The largest absolute Gasteiger partial charge is 0.453 e.